The van der Waals surface area contributed by atoms with E-state index in [1.54, 1.807) is 0 Å². The lowest BCUT2D eigenvalue weighted by atomic mass is 9.98. The monoisotopic (exact) mass is 256 g/mol. The molecule has 2 aliphatic heterocycles. The van der Waals surface area contributed by atoms with Crippen molar-refractivity contribution in [2.24, 2.45) is 5.92 Å². The van der Waals surface area contributed by atoms with E-state index in [1.165, 1.54) is 64.8 Å². The van der Waals surface area contributed by atoms with Crippen LogP contribution in [0.5, 0.6) is 0 Å². The van der Waals surface area contributed by atoms with Gasteiger partial charge in [-0.1, -0.05) is 13.3 Å². The van der Waals surface area contributed by atoms with E-state index < -0.39 is 0 Å². The minimum atomic E-state index is 0.844. The predicted molar refractivity (Wildman–Crippen MR) is 77.9 cm³/mol. The lowest BCUT2D eigenvalue weighted by Crippen LogP contribution is -2.54. The molecule has 2 aliphatic rings. The first kappa shape index (κ1) is 13.7. The highest BCUT2D eigenvalue weighted by atomic mass is 32.1. The van der Waals surface area contributed by atoms with Crippen LogP contribution in [-0.4, -0.2) is 54.3 Å². The van der Waals surface area contributed by atoms with Gasteiger partial charge in [0.2, 0.25) is 0 Å². The lowest BCUT2D eigenvalue weighted by molar-refractivity contribution is 0.0470. The van der Waals surface area contributed by atoms with Gasteiger partial charge in [-0.05, 0) is 50.4 Å². The molecule has 17 heavy (non-hydrogen) atoms. The molecular weight excluding hydrogens is 228 g/mol. The number of nitrogens with zero attached hydrogens (tertiary/aromatic N) is 2. The largest absolute Gasteiger partial charge is 0.301 e. The van der Waals surface area contributed by atoms with Crippen molar-refractivity contribution in [3.63, 3.8) is 0 Å². The molecule has 100 valence electrons. The summed E-state index contributed by atoms with van der Waals surface area (Å²) in [5.41, 5.74) is 0. The molecule has 0 aromatic rings. The summed E-state index contributed by atoms with van der Waals surface area (Å²) in [5, 5.41) is 0. The fourth-order valence-corrected chi connectivity index (χ4v) is 3.63. The van der Waals surface area contributed by atoms with E-state index in [1.807, 2.05) is 0 Å². The van der Waals surface area contributed by atoms with Gasteiger partial charge in [0.1, 0.15) is 0 Å². The van der Waals surface area contributed by atoms with E-state index in [-0.39, 0.29) is 0 Å². The number of rotatable bonds is 5. The Bertz CT molecular complexity index is 222. The normalized spacial score (nSPS) is 28.9. The van der Waals surface area contributed by atoms with Crippen molar-refractivity contribution in [2.45, 2.75) is 45.1 Å². The van der Waals surface area contributed by atoms with Crippen molar-refractivity contribution in [3.8, 4) is 0 Å². The maximum absolute atomic E-state index is 4.32. The SMILES string of the molecule is CC(CCS)CCN1CCN2CCCCC2C1. The number of hydrogen-bond acceptors (Lipinski definition) is 3. The molecule has 2 nitrogen and oxygen atoms in total. The summed E-state index contributed by atoms with van der Waals surface area (Å²) >= 11 is 4.32. The molecule has 2 fully saturated rings. The fourth-order valence-electron chi connectivity index (χ4n) is 3.19. The van der Waals surface area contributed by atoms with E-state index >= 15 is 0 Å². The maximum atomic E-state index is 4.32. The van der Waals surface area contributed by atoms with Gasteiger partial charge in [-0.25, -0.2) is 0 Å². The smallest absolute Gasteiger partial charge is 0.0223 e. The van der Waals surface area contributed by atoms with Gasteiger partial charge in [-0.2, -0.15) is 12.6 Å². The van der Waals surface area contributed by atoms with Crippen LogP contribution in [0.3, 0.4) is 0 Å². The Morgan fingerprint density at radius 2 is 2.06 bits per heavy atom. The van der Waals surface area contributed by atoms with Crippen molar-refractivity contribution < 1.29 is 0 Å². The quantitative estimate of drug-likeness (QED) is 0.755. The Labute approximate surface area is 112 Å². The average Bonchev–Trinajstić information content (AvgIpc) is 2.36. The molecule has 0 saturated carbocycles. The third kappa shape index (κ3) is 4.15. The highest BCUT2D eigenvalue weighted by Gasteiger charge is 2.28. The van der Waals surface area contributed by atoms with Gasteiger partial charge in [0.05, 0.1) is 0 Å². The van der Waals surface area contributed by atoms with Crippen LogP contribution in [0.4, 0.5) is 0 Å². The lowest BCUT2D eigenvalue weighted by Gasteiger charge is -2.44. The summed E-state index contributed by atoms with van der Waals surface area (Å²) < 4.78 is 0. The molecule has 0 bridgehead atoms. The van der Waals surface area contributed by atoms with Crippen molar-refractivity contribution in [2.75, 3.05) is 38.5 Å². The molecule has 2 unspecified atom stereocenters. The number of piperidine rings is 1. The second-order valence-electron chi connectivity index (χ2n) is 5.89. The molecular formula is C14H28N2S. The Morgan fingerprint density at radius 1 is 1.18 bits per heavy atom. The van der Waals surface area contributed by atoms with Crippen LogP contribution in [0.2, 0.25) is 0 Å². The van der Waals surface area contributed by atoms with E-state index in [4.69, 9.17) is 0 Å². The highest BCUT2D eigenvalue weighted by Crippen LogP contribution is 2.21. The van der Waals surface area contributed by atoms with Crippen molar-refractivity contribution in [3.05, 3.63) is 0 Å². The predicted octanol–water partition coefficient (Wildman–Crippen LogP) is 2.50. The zero-order chi connectivity index (χ0) is 12.1. The second kappa shape index (κ2) is 7.01. The molecule has 0 spiro atoms. The molecule has 0 amide bonds. The number of thiol groups is 1. The van der Waals surface area contributed by atoms with Crippen molar-refractivity contribution in [1.82, 2.24) is 9.80 Å². The van der Waals surface area contributed by atoms with E-state index in [2.05, 4.69) is 29.4 Å². The summed E-state index contributed by atoms with van der Waals surface area (Å²) in [4.78, 5) is 5.42. The van der Waals surface area contributed by atoms with Gasteiger partial charge in [-0.15, -0.1) is 0 Å². The Kier molecular flexibility index (Phi) is 5.64. The third-order valence-corrected chi connectivity index (χ3v) is 4.74. The van der Waals surface area contributed by atoms with Crippen LogP contribution >= 0.6 is 12.6 Å². The standard InChI is InChI=1S/C14H28N2S/c1-13(6-11-17)5-8-15-9-10-16-7-3-2-4-14(16)12-15/h13-14,17H,2-12H2,1H3. The summed E-state index contributed by atoms with van der Waals surface area (Å²) in [5.74, 6) is 1.88. The summed E-state index contributed by atoms with van der Waals surface area (Å²) in [6, 6.07) is 0.873. The molecule has 3 heteroatoms. The van der Waals surface area contributed by atoms with Gasteiger partial charge in [0.25, 0.3) is 0 Å². The van der Waals surface area contributed by atoms with Crippen molar-refractivity contribution in [1.29, 1.82) is 0 Å². The summed E-state index contributed by atoms with van der Waals surface area (Å²) in [7, 11) is 0. The number of fused-ring (bicyclic) bond motifs is 1. The van der Waals surface area contributed by atoms with Gasteiger partial charge in [0.15, 0.2) is 0 Å². The van der Waals surface area contributed by atoms with E-state index in [0.29, 0.717) is 0 Å². The Morgan fingerprint density at radius 3 is 2.88 bits per heavy atom. The van der Waals surface area contributed by atoms with E-state index in [9.17, 15) is 0 Å². The number of hydrogen-bond donors (Lipinski definition) is 1. The minimum Gasteiger partial charge on any atom is -0.301 e. The fraction of sp³-hybridized carbons (Fsp3) is 1.00. The maximum Gasteiger partial charge on any atom is 0.0223 e. The molecule has 2 atom stereocenters. The average molecular weight is 256 g/mol. The van der Waals surface area contributed by atoms with Crippen LogP contribution in [0, 0.1) is 5.92 Å². The van der Waals surface area contributed by atoms with Crippen LogP contribution in [0.15, 0.2) is 0 Å². The third-order valence-electron chi connectivity index (χ3n) is 4.48. The van der Waals surface area contributed by atoms with Gasteiger partial charge in [-0.3, -0.25) is 4.90 Å². The van der Waals surface area contributed by atoms with Crippen LogP contribution in [0.25, 0.3) is 0 Å². The topological polar surface area (TPSA) is 6.48 Å². The molecule has 0 aromatic carbocycles. The summed E-state index contributed by atoms with van der Waals surface area (Å²) in [6.45, 7) is 8.96. The first-order chi connectivity index (χ1) is 8.29. The molecule has 2 saturated heterocycles. The highest BCUT2D eigenvalue weighted by molar-refractivity contribution is 7.80. The van der Waals surface area contributed by atoms with Gasteiger partial charge >= 0.3 is 0 Å². The molecule has 0 aliphatic carbocycles. The second-order valence-corrected chi connectivity index (χ2v) is 6.34. The van der Waals surface area contributed by atoms with Gasteiger partial charge < -0.3 is 4.90 Å². The molecule has 0 radical (unpaired) electrons. The molecule has 2 rings (SSSR count). The first-order valence-electron chi connectivity index (χ1n) is 7.37. The van der Waals surface area contributed by atoms with Crippen LogP contribution in [-0.2, 0) is 0 Å². The Balaban J connectivity index is 1.68. The van der Waals surface area contributed by atoms with Crippen LogP contribution in [0.1, 0.15) is 39.0 Å². The Hall–Kier alpha value is 0.270. The molecule has 2 heterocycles. The number of piperazine rings is 1. The molecule has 0 aromatic heterocycles. The van der Waals surface area contributed by atoms with E-state index in [0.717, 1.165) is 17.7 Å². The van der Waals surface area contributed by atoms with Gasteiger partial charge in [0, 0.05) is 25.7 Å². The first-order valence-corrected chi connectivity index (χ1v) is 8.00. The molecule has 0 N–H and O–H groups in total. The zero-order valence-electron chi connectivity index (χ0n) is 11.3. The zero-order valence-corrected chi connectivity index (χ0v) is 12.2. The minimum absolute atomic E-state index is 0.844. The summed E-state index contributed by atoms with van der Waals surface area (Å²) in [6.07, 6.45) is 6.93. The van der Waals surface area contributed by atoms with Crippen LogP contribution < -0.4 is 0 Å². The van der Waals surface area contributed by atoms with Crippen molar-refractivity contribution >= 4 is 12.6 Å².